The molecule has 0 unspecified atom stereocenters. The third-order valence-electron chi connectivity index (χ3n) is 3.85. The molecule has 0 saturated carbocycles. The maximum absolute atomic E-state index is 12.8. The smallest absolute Gasteiger partial charge is 1.00 e. The van der Waals surface area contributed by atoms with Crippen molar-refractivity contribution in [2.75, 3.05) is 17.6 Å². The molecule has 126 valence electrons. The first-order valence-corrected chi connectivity index (χ1v) is 8.57. The van der Waals surface area contributed by atoms with Gasteiger partial charge in [-0.25, -0.2) is 0 Å². The summed E-state index contributed by atoms with van der Waals surface area (Å²) in [5.74, 6) is -0.980. The SMILES string of the molecule is CCNc1cc(S(=O)(=O)O)c(N)c2c1C(=O)c1ccccc1C2=O.[H-].[Na+]. The van der Waals surface area contributed by atoms with Crippen molar-refractivity contribution in [3.63, 3.8) is 0 Å². The normalized spacial score (nSPS) is 12.9. The second kappa shape index (κ2) is 6.89. The number of carbonyl (C=O) groups excluding carboxylic acids is 2. The van der Waals surface area contributed by atoms with Crippen molar-refractivity contribution >= 4 is 33.1 Å². The first-order chi connectivity index (χ1) is 11.3. The van der Waals surface area contributed by atoms with Crippen molar-refractivity contribution in [2.45, 2.75) is 11.8 Å². The van der Waals surface area contributed by atoms with Crippen molar-refractivity contribution < 1.29 is 53.5 Å². The van der Waals surface area contributed by atoms with Crippen LogP contribution in [0.4, 0.5) is 11.4 Å². The first kappa shape index (κ1) is 19.6. The molecule has 2 aromatic rings. The van der Waals surface area contributed by atoms with Gasteiger partial charge >= 0.3 is 29.6 Å². The molecular weight excluding hydrogens is 355 g/mol. The maximum Gasteiger partial charge on any atom is 1.00 e. The van der Waals surface area contributed by atoms with Crippen LogP contribution in [-0.4, -0.2) is 31.1 Å². The fraction of sp³-hybridized carbons (Fsp3) is 0.125. The molecule has 0 saturated heterocycles. The Balaban J connectivity index is 0.00000169. The van der Waals surface area contributed by atoms with Crippen LogP contribution < -0.4 is 40.6 Å². The molecule has 3 rings (SSSR count). The summed E-state index contributed by atoms with van der Waals surface area (Å²) in [5, 5.41) is 2.85. The number of fused-ring (bicyclic) bond motifs is 2. The van der Waals surface area contributed by atoms with Gasteiger partial charge in [0.1, 0.15) is 4.90 Å². The number of carbonyl (C=O) groups is 2. The summed E-state index contributed by atoms with van der Waals surface area (Å²) < 4.78 is 32.5. The number of rotatable bonds is 3. The van der Waals surface area contributed by atoms with Crippen LogP contribution in [0, 0.1) is 0 Å². The molecule has 0 radical (unpaired) electrons. The van der Waals surface area contributed by atoms with Gasteiger partial charge < -0.3 is 12.5 Å². The minimum absolute atomic E-state index is 0. The Kier molecular flexibility index (Phi) is 5.41. The van der Waals surface area contributed by atoms with Crippen LogP contribution in [0.1, 0.15) is 40.2 Å². The Bertz CT molecular complexity index is 1010. The van der Waals surface area contributed by atoms with Gasteiger partial charge in [-0.15, -0.1) is 0 Å². The van der Waals surface area contributed by atoms with E-state index >= 15 is 0 Å². The van der Waals surface area contributed by atoms with Crippen LogP contribution in [0.3, 0.4) is 0 Å². The van der Waals surface area contributed by atoms with E-state index in [0.717, 1.165) is 6.07 Å². The van der Waals surface area contributed by atoms with E-state index < -0.39 is 32.3 Å². The van der Waals surface area contributed by atoms with Crippen LogP contribution in [0.2, 0.25) is 0 Å². The molecule has 4 N–H and O–H groups in total. The van der Waals surface area contributed by atoms with E-state index in [1.807, 2.05) is 0 Å². The fourth-order valence-corrected chi connectivity index (χ4v) is 3.48. The van der Waals surface area contributed by atoms with Crippen LogP contribution in [0.25, 0.3) is 0 Å². The number of ketones is 2. The number of nitrogens with two attached hydrogens (primary N) is 1. The summed E-state index contributed by atoms with van der Waals surface area (Å²) in [6, 6.07) is 7.32. The molecule has 25 heavy (non-hydrogen) atoms. The van der Waals surface area contributed by atoms with Gasteiger partial charge in [0.05, 0.1) is 16.8 Å². The minimum Gasteiger partial charge on any atom is -1.00 e. The Morgan fingerprint density at radius 3 is 2.12 bits per heavy atom. The van der Waals surface area contributed by atoms with Crippen LogP contribution in [-0.2, 0) is 10.1 Å². The molecule has 7 nitrogen and oxygen atoms in total. The average molecular weight is 370 g/mol. The van der Waals surface area contributed by atoms with E-state index in [1.165, 1.54) is 12.1 Å². The van der Waals surface area contributed by atoms with E-state index in [2.05, 4.69) is 5.32 Å². The molecule has 0 spiro atoms. The number of hydrogen-bond donors (Lipinski definition) is 3. The molecule has 0 bridgehead atoms. The maximum atomic E-state index is 12.8. The van der Waals surface area contributed by atoms with E-state index in [4.69, 9.17) is 5.73 Å². The Morgan fingerprint density at radius 2 is 1.64 bits per heavy atom. The fourth-order valence-electron chi connectivity index (χ4n) is 2.84. The van der Waals surface area contributed by atoms with E-state index in [9.17, 15) is 22.6 Å². The minimum atomic E-state index is -4.65. The van der Waals surface area contributed by atoms with E-state index in [0.29, 0.717) is 6.54 Å². The van der Waals surface area contributed by atoms with Gasteiger partial charge in [-0.05, 0) is 13.0 Å². The van der Waals surface area contributed by atoms with Gasteiger partial charge in [-0.1, -0.05) is 24.3 Å². The van der Waals surface area contributed by atoms with Gasteiger partial charge in [0.15, 0.2) is 11.6 Å². The number of benzene rings is 2. The molecular formula is C16H15N2NaO5S. The van der Waals surface area contributed by atoms with Crippen LogP contribution in [0.5, 0.6) is 0 Å². The van der Waals surface area contributed by atoms with Crippen LogP contribution in [0.15, 0.2) is 35.2 Å². The third-order valence-corrected chi connectivity index (χ3v) is 4.74. The topological polar surface area (TPSA) is 127 Å². The van der Waals surface area contributed by atoms with Crippen LogP contribution >= 0.6 is 0 Å². The molecule has 0 heterocycles. The number of hydrogen-bond acceptors (Lipinski definition) is 6. The summed E-state index contributed by atoms with van der Waals surface area (Å²) in [6.45, 7) is 2.13. The van der Waals surface area contributed by atoms with E-state index in [1.54, 1.807) is 19.1 Å². The molecule has 0 fully saturated rings. The zero-order chi connectivity index (χ0) is 17.6. The second-order valence-electron chi connectivity index (χ2n) is 5.30. The quantitative estimate of drug-likeness (QED) is 0.301. The molecule has 1 aliphatic carbocycles. The van der Waals surface area contributed by atoms with Crippen molar-refractivity contribution in [1.29, 1.82) is 0 Å². The van der Waals surface area contributed by atoms with Gasteiger partial charge in [0.2, 0.25) is 0 Å². The number of anilines is 2. The molecule has 2 aromatic carbocycles. The predicted molar refractivity (Wildman–Crippen MR) is 89.3 cm³/mol. The Morgan fingerprint density at radius 1 is 1.12 bits per heavy atom. The number of nitrogen functional groups attached to an aromatic ring is 1. The predicted octanol–water partition coefficient (Wildman–Crippen LogP) is -1.16. The van der Waals surface area contributed by atoms with Gasteiger partial charge in [-0.3, -0.25) is 14.1 Å². The monoisotopic (exact) mass is 370 g/mol. The molecule has 0 aliphatic heterocycles. The largest absolute Gasteiger partial charge is 1.00 e. The van der Waals surface area contributed by atoms with Crippen molar-refractivity contribution in [3.8, 4) is 0 Å². The van der Waals surface area contributed by atoms with Crippen molar-refractivity contribution in [2.24, 2.45) is 0 Å². The Hall–Kier alpha value is -1.71. The first-order valence-electron chi connectivity index (χ1n) is 7.13. The van der Waals surface area contributed by atoms with E-state index in [-0.39, 0.29) is 58.9 Å². The molecule has 0 aromatic heterocycles. The summed E-state index contributed by atoms with van der Waals surface area (Å²) in [6.07, 6.45) is 0. The zero-order valence-electron chi connectivity index (χ0n) is 14.7. The standard InChI is InChI=1S/C16H14N2O5S.Na.H/c1-2-18-10-7-11(24(21,22)23)14(17)13-12(10)15(19)8-5-3-4-6-9(8)16(13)20;;/h3-7,18H,2,17H2,1H3,(H,21,22,23);;/q;+1;-1. The summed E-state index contributed by atoms with van der Waals surface area (Å²) in [7, 11) is -4.65. The summed E-state index contributed by atoms with van der Waals surface area (Å²) in [4.78, 5) is 25.0. The third kappa shape index (κ3) is 3.11. The zero-order valence-corrected chi connectivity index (χ0v) is 16.5. The Labute approximate surface area is 168 Å². The molecule has 1 aliphatic rings. The van der Waals surface area contributed by atoms with Crippen molar-refractivity contribution in [3.05, 3.63) is 52.6 Å². The van der Waals surface area contributed by atoms with Gasteiger partial charge in [-0.2, -0.15) is 8.42 Å². The van der Waals surface area contributed by atoms with Gasteiger partial charge in [0, 0.05) is 23.4 Å². The second-order valence-corrected chi connectivity index (χ2v) is 6.69. The summed E-state index contributed by atoms with van der Waals surface area (Å²) >= 11 is 0. The molecule has 0 atom stereocenters. The molecule has 9 heteroatoms. The summed E-state index contributed by atoms with van der Waals surface area (Å²) in [5.41, 5.74) is 5.73. The van der Waals surface area contributed by atoms with Crippen molar-refractivity contribution in [1.82, 2.24) is 0 Å². The molecule has 0 amide bonds. The van der Waals surface area contributed by atoms with Gasteiger partial charge in [0.25, 0.3) is 10.1 Å². The average Bonchev–Trinajstić information content (AvgIpc) is 2.53. The number of nitrogens with one attached hydrogen (secondary N) is 1.